The summed E-state index contributed by atoms with van der Waals surface area (Å²) in [6.07, 6.45) is 0. The fourth-order valence-electron chi connectivity index (χ4n) is 3.36. The second-order valence-corrected chi connectivity index (χ2v) is 7.46. The van der Waals surface area contributed by atoms with Crippen molar-refractivity contribution in [2.75, 3.05) is 13.7 Å². The van der Waals surface area contributed by atoms with Gasteiger partial charge in [0.1, 0.15) is 35.2 Å². The standard InChI is InChI=1S/C27H24O7/c1-4-31-27(29)19-7-11-21(12-8-19)34-26-17(2)33-24-15-22(13-14-23(24)25(26)28)32-16-18-5-9-20(30-3)10-6-18/h5-15H,4,16H2,1-3H3. The maximum Gasteiger partial charge on any atom is 0.338 e. The summed E-state index contributed by atoms with van der Waals surface area (Å²) in [5.41, 5.74) is 1.49. The number of rotatable bonds is 8. The third-order valence-corrected chi connectivity index (χ3v) is 5.14. The van der Waals surface area contributed by atoms with Crippen molar-refractivity contribution in [1.82, 2.24) is 0 Å². The Bertz CT molecular complexity index is 1350. The van der Waals surface area contributed by atoms with Gasteiger partial charge in [0.05, 0.1) is 24.7 Å². The van der Waals surface area contributed by atoms with Crippen molar-refractivity contribution in [2.45, 2.75) is 20.5 Å². The average molecular weight is 460 g/mol. The minimum atomic E-state index is -0.416. The Morgan fingerprint density at radius 2 is 1.59 bits per heavy atom. The molecule has 3 aromatic carbocycles. The van der Waals surface area contributed by atoms with E-state index in [1.807, 2.05) is 24.3 Å². The van der Waals surface area contributed by atoms with Crippen LogP contribution in [0.15, 0.2) is 75.9 Å². The third kappa shape index (κ3) is 5.04. The molecule has 0 radical (unpaired) electrons. The summed E-state index contributed by atoms with van der Waals surface area (Å²) in [5.74, 6) is 1.76. The summed E-state index contributed by atoms with van der Waals surface area (Å²) >= 11 is 0. The molecular weight excluding hydrogens is 436 g/mol. The molecule has 174 valence electrons. The van der Waals surface area contributed by atoms with Gasteiger partial charge in [-0.1, -0.05) is 12.1 Å². The highest BCUT2D eigenvalue weighted by molar-refractivity contribution is 5.89. The summed E-state index contributed by atoms with van der Waals surface area (Å²) in [5, 5.41) is 0.376. The lowest BCUT2D eigenvalue weighted by molar-refractivity contribution is 0.0526. The predicted molar refractivity (Wildman–Crippen MR) is 127 cm³/mol. The second-order valence-electron chi connectivity index (χ2n) is 7.46. The molecule has 1 aromatic heterocycles. The van der Waals surface area contributed by atoms with E-state index in [-0.39, 0.29) is 11.2 Å². The van der Waals surface area contributed by atoms with Crippen molar-refractivity contribution in [3.8, 4) is 23.0 Å². The molecule has 4 aromatic rings. The van der Waals surface area contributed by atoms with Crippen LogP contribution in [0.3, 0.4) is 0 Å². The number of carbonyl (C=O) groups is 1. The smallest absolute Gasteiger partial charge is 0.338 e. The molecule has 7 nitrogen and oxygen atoms in total. The molecule has 34 heavy (non-hydrogen) atoms. The van der Waals surface area contributed by atoms with Crippen LogP contribution in [0.5, 0.6) is 23.0 Å². The zero-order chi connectivity index (χ0) is 24.1. The molecule has 0 aliphatic rings. The molecule has 0 fully saturated rings. The lowest BCUT2D eigenvalue weighted by Gasteiger charge is -2.11. The van der Waals surface area contributed by atoms with Crippen LogP contribution in [0.1, 0.15) is 28.6 Å². The Labute approximate surface area is 196 Å². The number of methoxy groups -OCH3 is 1. The molecule has 0 unspecified atom stereocenters. The highest BCUT2D eigenvalue weighted by Gasteiger charge is 2.15. The second kappa shape index (κ2) is 10.1. The largest absolute Gasteiger partial charge is 0.497 e. The van der Waals surface area contributed by atoms with Crippen molar-refractivity contribution in [1.29, 1.82) is 0 Å². The Morgan fingerprint density at radius 1 is 0.912 bits per heavy atom. The number of aryl methyl sites for hydroxylation is 1. The van der Waals surface area contributed by atoms with Crippen molar-refractivity contribution in [2.24, 2.45) is 0 Å². The first-order chi connectivity index (χ1) is 16.5. The van der Waals surface area contributed by atoms with Crippen LogP contribution in [0.25, 0.3) is 11.0 Å². The van der Waals surface area contributed by atoms with E-state index >= 15 is 0 Å². The lowest BCUT2D eigenvalue weighted by atomic mass is 10.2. The van der Waals surface area contributed by atoms with Gasteiger partial charge in [-0.25, -0.2) is 4.79 Å². The van der Waals surface area contributed by atoms with Crippen molar-refractivity contribution < 1.29 is 28.2 Å². The molecule has 0 N–H and O–H groups in total. The highest BCUT2D eigenvalue weighted by Crippen LogP contribution is 2.28. The maximum atomic E-state index is 13.1. The van der Waals surface area contributed by atoms with Gasteiger partial charge in [-0.15, -0.1) is 0 Å². The van der Waals surface area contributed by atoms with Gasteiger partial charge in [-0.2, -0.15) is 0 Å². The quantitative estimate of drug-likeness (QED) is 0.314. The molecule has 0 bridgehead atoms. The van der Waals surface area contributed by atoms with Crippen LogP contribution in [-0.2, 0) is 11.3 Å². The van der Waals surface area contributed by atoms with E-state index in [0.29, 0.717) is 47.0 Å². The van der Waals surface area contributed by atoms with Crippen LogP contribution >= 0.6 is 0 Å². The average Bonchev–Trinajstić information content (AvgIpc) is 2.86. The fraction of sp³-hybridized carbons (Fsp3) is 0.185. The highest BCUT2D eigenvalue weighted by atomic mass is 16.5. The third-order valence-electron chi connectivity index (χ3n) is 5.14. The first-order valence-electron chi connectivity index (χ1n) is 10.8. The minimum Gasteiger partial charge on any atom is -0.497 e. The Hall–Kier alpha value is -4.26. The molecule has 0 aliphatic heterocycles. The molecule has 0 atom stereocenters. The van der Waals surface area contributed by atoms with Gasteiger partial charge in [0, 0.05) is 6.07 Å². The molecular formula is C27H24O7. The molecule has 0 amide bonds. The fourth-order valence-corrected chi connectivity index (χ4v) is 3.36. The molecule has 4 rings (SSSR count). The molecule has 7 heteroatoms. The number of hydrogen-bond donors (Lipinski definition) is 0. The normalized spacial score (nSPS) is 10.7. The first-order valence-corrected chi connectivity index (χ1v) is 10.8. The van der Waals surface area contributed by atoms with E-state index in [1.54, 1.807) is 63.4 Å². The van der Waals surface area contributed by atoms with Gasteiger partial charge >= 0.3 is 5.97 Å². The van der Waals surface area contributed by atoms with Gasteiger partial charge in [0.25, 0.3) is 0 Å². The van der Waals surface area contributed by atoms with E-state index < -0.39 is 5.97 Å². The van der Waals surface area contributed by atoms with Crippen LogP contribution < -0.4 is 19.6 Å². The SMILES string of the molecule is CCOC(=O)c1ccc(Oc2c(C)oc3cc(OCc4ccc(OC)cc4)ccc3c2=O)cc1. The molecule has 0 saturated carbocycles. The molecule has 0 spiro atoms. The number of benzene rings is 3. The summed E-state index contributed by atoms with van der Waals surface area (Å²) in [4.78, 5) is 24.9. The molecule has 0 aliphatic carbocycles. The minimum absolute atomic E-state index is 0.0864. The van der Waals surface area contributed by atoms with E-state index in [9.17, 15) is 9.59 Å². The zero-order valence-electron chi connectivity index (χ0n) is 19.1. The van der Waals surface area contributed by atoms with Crippen LogP contribution in [-0.4, -0.2) is 19.7 Å². The topological polar surface area (TPSA) is 84.2 Å². The Kier molecular flexibility index (Phi) is 6.82. The van der Waals surface area contributed by atoms with E-state index in [0.717, 1.165) is 11.3 Å². The number of carbonyl (C=O) groups excluding carboxylic acids is 1. The lowest BCUT2D eigenvalue weighted by Crippen LogP contribution is -2.08. The predicted octanol–water partition coefficient (Wildman–Crippen LogP) is 5.66. The number of fused-ring (bicyclic) bond motifs is 1. The Balaban J connectivity index is 1.52. The first kappa shape index (κ1) is 22.9. The summed E-state index contributed by atoms with van der Waals surface area (Å²) in [7, 11) is 1.62. The van der Waals surface area contributed by atoms with Gasteiger partial charge < -0.3 is 23.4 Å². The maximum absolute atomic E-state index is 13.1. The monoisotopic (exact) mass is 460 g/mol. The number of esters is 1. The van der Waals surface area contributed by atoms with E-state index in [4.69, 9.17) is 23.4 Å². The zero-order valence-corrected chi connectivity index (χ0v) is 19.1. The van der Waals surface area contributed by atoms with E-state index in [2.05, 4.69) is 0 Å². The molecule has 1 heterocycles. The summed E-state index contributed by atoms with van der Waals surface area (Å²) < 4.78 is 27.7. The molecule has 0 saturated heterocycles. The van der Waals surface area contributed by atoms with Gasteiger partial charge in [0.15, 0.2) is 0 Å². The van der Waals surface area contributed by atoms with Crippen molar-refractivity contribution >= 4 is 16.9 Å². The Morgan fingerprint density at radius 3 is 2.26 bits per heavy atom. The van der Waals surface area contributed by atoms with Gasteiger partial charge in [-0.3, -0.25) is 4.79 Å². The van der Waals surface area contributed by atoms with Gasteiger partial charge in [0.2, 0.25) is 11.2 Å². The van der Waals surface area contributed by atoms with Crippen LogP contribution in [0.2, 0.25) is 0 Å². The summed E-state index contributed by atoms with van der Waals surface area (Å²) in [6, 6.07) is 19.0. The van der Waals surface area contributed by atoms with Gasteiger partial charge in [-0.05, 0) is 67.9 Å². The summed E-state index contributed by atoms with van der Waals surface area (Å²) in [6.45, 7) is 4.06. The van der Waals surface area contributed by atoms with E-state index in [1.165, 1.54) is 0 Å². The number of hydrogen-bond acceptors (Lipinski definition) is 7. The van der Waals surface area contributed by atoms with Crippen LogP contribution in [0, 0.1) is 6.92 Å². The van der Waals surface area contributed by atoms with Crippen LogP contribution in [0.4, 0.5) is 0 Å². The van der Waals surface area contributed by atoms with Crippen molar-refractivity contribution in [3.63, 3.8) is 0 Å². The van der Waals surface area contributed by atoms with Crippen molar-refractivity contribution in [3.05, 3.63) is 93.8 Å². The number of ether oxygens (including phenoxy) is 4.